The van der Waals surface area contributed by atoms with Crippen molar-refractivity contribution in [2.24, 2.45) is 0 Å². The van der Waals surface area contributed by atoms with Crippen molar-refractivity contribution in [1.82, 2.24) is 0 Å². The highest BCUT2D eigenvalue weighted by Gasteiger charge is 2.11. The van der Waals surface area contributed by atoms with Crippen molar-refractivity contribution in [1.29, 1.82) is 0 Å². The topological polar surface area (TPSA) is 3.24 Å². The van der Waals surface area contributed by atoms with E-state index in [1.54, 1.807) is 0 Å². The molecule has 0 saturated carbocycles. The van der Waals surface area contributed by atoms with Gasteiger partial charge in [-0.25, -0.2) is 0 Å². The summed E-state index contributed by atoms with van der Waals surface area (Å²) in [6.45, 7) is 4.24. The third-order valence-electron chi connectivity index (χ3n) is 3.48. The van der Waals surface area contributed by atoms with Gasteiger partial charge in [-0.2, -0.15) is 0 Å². The van der Waals surface area contributed by atoms with Gasteiger partial charge >= 0.3 is 0 Å². The quantitative estimate of drug-likeness (QED) is 0.602. The highest BCUT2D eigenvalue weighted by Crippen LogP contribution is 2.34. The maximum atomic E-state index is 3.09. The first-order valence-electron chi connectivity index (χ1n) is 7.13. The molecule has 1 radical (unpaired) electrons. The standard InChI is InChI=1S/C20H18N/c1-16-8-6-12-19(14-16)21(18-10-4-3-5-11-18)20-13-7-9-17(2)15-20/h4-15H,1-2H3. The number of hydrogen-bond donors (Lipinski definition) is 0. The molecule has 3 aromatic carbocycles. The normalized spacial score (nSPS) is 10.4. The van der Waals surface area contributed by atoms with Gasteiger partial charge < -0.3 is 4.90 Å². The number of hydrogen-bond acceptors (Lipinski definition) is 1. The van der Waals surface area contributed by atoms with Crippen LogP contribution in [0.2, 0.25) is 0 Å². The van der Waals surface area contributed by atoms with Crippen molar-refractivity contribution >= 4 is 17.1 Å². The molecule has 0 saturated heterocycles. The molecule has 0 atom stereocenters. The van der Waals surface area contributed by atoms with Gasteiger partial charge in [0.25, 0.3) is 0 Å². The molecular formula is C20H18N. The molecule has 3 aromatic rings. The third kappa shape index (κ3) is 2.97. The van der Waals surface area contributed by atoms with Crippen LogP contribution in [0.1, 0.15) is 11.1 Å². The van der Waals surface area contributed by atoms with Crippen molar-refractivity contribution in [3.8, 4) is 0 Å². The van der Waals surface area contributed by atoms with Crippen LogP contribution in [0.4, 0.5) is 17.1 Å². The van der Waals surface area contributed by atoms with Gasteiger partial charge in [-0.3, -0.25) is 0 Å². The number of anilines is 3. The van der Waals surface area contributed by atoms with E-state index in [1.807, 2.05) is 12.1 Å². The monoisotopic (exact) mass is 272 g/mol. The maximum Gasteiger partial charge on any atom is 0.0464 e. The molecule has 3 rings (SSSR count). The van der Waals surface area contributed by atoms with Crippen LogP contribution in [0, 0.1) is 19.9 Å². The first kappa shape index (κ1) is 13.4. The predicted octanol–water partition coefficient (Wildman–Crippen LogP) is 5.57. The van der Waals surface area contributed by atoms with Gasteiger partial charge in [-0.15, -0.1) is 0 Å². The van der Waals surface area contributed by atoms with E-state index in [9.17, 15) is 0 Å². The van der Waals surface area contributed by atoms with Gasteiger partial charge in [0.05, 0.1) is 0 Å². The molecule has 0 fully saturated rings. The van der Waals surface area contributed by atoms with E-state index in [0.29, 0.717) is 0 Å². The summed E-state index contributed by atoms with van der Waals surface area (Å²) in [6, 6.07) is 28.3. The second kappa shape index (κ2) is 5.84. The molecule has 0 N–H and O–H groups in total. The van der Waals surface area contributed by atoms with E-state index in [4.69, 9.17) is 0 Å². The van der Waals surface area contributed by atoms with E-state index in [2.05, 4.69) is 85.5 Å². The van der Waals surface area contributed by atoms with Crippen LogP contribution in [0.15, 0.2) is 72.8 Å². The zero-order valence-electron chi connectivity index (χ0n) is 12.4. The SMILES string of the molecule is Cc1cccc(N(c2cc[c]cc2)c2cccc(C)c2)c1. The average Bonchev–Trinajstić information content (AvgIpc) is 2.49. The molecule has 103 valence electrons. The lowest BCUT2D eigenvalue weighted by Crippen LogP contribution is -2.10. The summed E-state index contributed by atoms with van der Waals surface area (Å²) in [7, 11) is 0. The van der Waals surface area contributed by atoms with E-state index in [-0.39, 0.29) is 0 Å². The molecule has 0 aliphatic heterocycles. The highest BCUT2D eigenvalue weighted by atomic mass is 15.1. The zero-order chi connectivity index (χ0) is 14.7. The number of aryl methyl sites for hydroxylation is 2. The van der Waals surface area contributed by atoms with Crippen LogP contribution in [0.5, 0.6) is 0 Å². The Labute approximate surface area is 126 Å². The van der Waals surface area contributed by atoms with E-state index < -0.39 is 0 Å². The van der Waals surface area contributed by atoms with E-state index in [1.165, 1.54) is 22.5 Å². The summed E-state index contributed by atoms with van der Waals surface area (Å²) in [6.07, 6.45) is 0. The zero-order valence-corrected chi connectivity index (χ0v) is 12.4. The summed E-state index contributed by atoms with van der Waals surface area (Å²) >= 11 is 0. The van der Waals surface area contributed by atoms with Crippen LogP contribution in [0.3, 0.4) is 0 Å². The Morgan fingerprint density at radius 1 is 0.667 bits per heavy atom. The maximum absolute atomic E-state index is 3.09. The van der Waals surface area contributed by atoms with Crippen LogP contribution in [-0.4, -0.2) is 0 Å². The first-order chi connectivity index (χ1) is 10.2. The van der Waals surface area contributed by atoms with Gasteiger partial charge in [0.2, 0.25) is 0 Å². The molecule has 0 spiro atoms. The highest BCUT2D eigenvalue weighted by molar-refractivity contribution is 5.76. The molecule has 0 aliphatic carbocycles. The van der Waals surface area contributed by atoms with Gasteiger partial charge in [-0.05, 0) is 67.4 Å². The Balaban J connectivity index is 2.16. The lowest BCUT2D eigenvalue weighted by Gasteiger charge is -2.26. The fourth-order valence-corrected chi connectivity index (χ4v) is 2.51. The Morgan fingerprint density at radius 2 is 1.19 bits per heavy atom. The van der Waals surface area contributed by atoms with Crippen LogP contribution < -0.4 is 4.90 Å². The lowest BCUT2D eigenvalue weighted by atomic mass is 10.1. The van der Waals surface area contributed by atoms with Crippen molar-refractivity contribution in [2.45, 2.75) is 13.8 Å². The third-order valence-corrected chi connectivity index (χ3v) is 3.48. The van der Waals surface area contributed by atoms with Crippen molar-refractivity contribution in [2.75, 3.05) is 4.90 Å². The molecule has 1 nitrogen and oxygen atoms in total. The number of benzene rings is 3. The fraction of sp³-hybridized carbons (Fsp3) is 0.100. The second-order valence-corrected chi connectivity index (χ2v) is 5.27. The predicted molar refractivity (Wildman–Crippen MR) is 89.4 cm³/mol. The molecule has 0 aromatic heterocycles. The first-order valence-corrected chi connectivity index (χ1v) is 7.13. The number of nitrogens with zero attached hydrogens (tertiary/aromatic N) is 1. The van der Waals surface area contributed by atoms with Gasteiger partial charge in [0, 0.05) is 17.1 Å². The molecule has 0 aliphatic rings. The Bertz CT molecular complexity index is 686. The van der Waals surface area contributed by atoms with Crippen LogP contribution in [0.25, 0.3) is 0 Å². The number of rotatable bonds is 3. The summed E-state index contributed by atoms with van der Waals surface area (Å²) in [5, 5.41) is 0. The Kier molecular flexibility index (Phi) is 3.74. The largest absolute Gasteiger partial charge is 0.310 e. The molecule has 1 heteroatoms. The average molecular weight is 272 g/mol. The molecular weight excluding hydrogens is 254 g/mol. The van der Waals surface area contributed by atoms with E-state index in [0.717, 1.165) is 5.69 Å². The van der Waals surface area contributed by atoms with Gasteiger partial charge in [0.1, 0.15) is 0 Å². The molecule has 21 heavy (non-hydrogen) atoms. The minimum absolute atomic E-state index is 1.14. The fourth-order valence-electron chi connectivity index (χ4n) is 2.51. The lowest BCUT2D eigenvalue weighted by molar-refractivity contribution is 1.26. The molecule has 0 bridgehead atoms. The molecule has 0 heterocycles. The summed E-state index contributed by atoms with van der Waals surface area (Å²) in [5.41, 5.74) is 6.00. The van der Waals surface area contributed by atoms with Gasteiger partial charge in [-0.1, -0.05) is 36.4 Å². The minimum Gasteiger partial charge on any atom is -0.310 e. The van der Waals surface area contributed by atoms with Crippen molar-refractivity contribution in [3.05, 3.63) is 90.0 Å². The van der Waals surface area contributed by atoms with Crippen LogP contribution >= 0.6 is 0 Å². The summed E-state index contributed by atoms with van der Waals surface area (Å²) in [4.78, 5) is 2.27. The van der Waals surface area contributed by atoms with Gasteiger partial charge in [0.15, 0.2) is 0 Å². The smallest absolute Gasteiger partial charge is 0.0464 e. The Hall–Kier alpha value is -2.54. The van der Waals surface area contributed by atoms with Crippen molar-refractivity contribution < 1.29 is 0 Å². The minimum atomic E-state index is 1.14. The van der Waals surface area contributed by atoms with E-state index >= 15 is 0 Å². The Morgan fingerprint density at radius 3 is 1.67 bits per heavy atom. The second-order valence-electron chi connectivity index (χ2n) is 5.27. The van der Waals surface area contributed by atoms with Crippen LogP contribution in [-0.2, 0) is 0 Å². The molecule has 0 amide bonds. The summed E-state index contributed by atoms with van der Waals surface area (Å²) < 4.78 is 0. The van der Waals surface area contributed by atoms with Crippen molar-refractivity contribution in [3.63, 3.8) is 0 Å². The molecule has 0 unspecified atom stereocenters. The summed E-state index contributed by atoms with van der Waals surface area (Å²) in [5.74, 6) is 0.